The molecule has 7 nitrogen and oxygen atoms in total. The molecule has 116 valence electrons. The normalized spacial score (nSPS) is 10.5. The van der Waals surface area contributed by atoms with Gasteiger partial charge in [-0.05, 0) is 23.9 Å². The highest BCUT2D eigenvalue weighted by molar-refractivity contribution is 7.13. The third-order valence-electron chi connectivity index (χ3n) is 3.21. The standard InChI is InChI=1S/C15H11N3O4S/c1-9-4-5-10(18(20)21)7-11(9)17-15(19)13-14(22-8-16-13)12-3-2-6-23-12/h2-8H,1H3,(H,17,19). The van der Waals surface area contributed by atoms with Crippen molar-refractivity contribution in [3.63, 3.8) is 0 Å². The maximum atomic E-state index is 12.4. The number of thiophene rings is 1. The number of aryl methyl sites for hydroxylation is 1. The molecule has 8 heteroatoms. The Kier molecular flexibility index (Phi) is 3.90. The summed E-state index contributed by atoms with van der Waals surface area (Å²) >= 11 is 1.42. The number of benzene rings is 1. The lowest BCUT2D eigenvalue weighted by atomic mass is 10.1. The van der Waals surface area contributed by atoms with E-state index in [1.807, 2.05) is 17.5 Å². The van der Waals surface area contributed by atoms with E-state index in [-0.39, 0.29) is 11.4 Å². The fraction of sp³-hybridized carbons (Fsp3) is 0.0667. The number of nitrogens with one attached hydrogen (secondary N) is 1. The van der Waals surface area contributed by atoms with Crippen LogP contribution in [0.25, 0.3) is 10.6 Å². The first-order valence-corrected chi connectivity index (χ1v) is 7.48. The highest BCUT2D eigenvalue weighted by Gasteiger charge is 2.20. The average molecular weight is 329 g/mol. The Bertz CT molecular complexity index is 871. The van der Waals surface area contributed by atoms with Crippen LogP contribution in [0.4, 0.5) is 11.4 Å². The van der Waals surface area contributed by atoms with E-state index >= 15 is 0 Å². The molecular formula is C15H11N3O4S. The van der Waals surface area contributed by atoms with E-state index in [0.717, 1.165) is 4.88 Å². The number of anilines is 1. The molecule has 0 aliphatic heterocycles. The van der Waals surface area contributed by atoms with Crippen molar-refractivity contribution >= 4 is 28.6 Å². The van der Waals surface area contributed by atoms with E-state index in [2.05, 4.69) is 10.3 Å². The van der Waals surface area contributed by atoms with Crippen LogP contribution in [0.3, 0.4) is 0 Å². The number of amides is 1. The van der Waals surface area contributed by atoms with Crippen LogP contribution in [-0.4, -0.2) is 15.8 Å². The molecule has 0 saturated heterocycles. The Balaban J connectivity index is 1.90. The number of carbonyl (C=O) groups excluding carboxylic acids is 1. The number of oxazole rings is 1. The van der Waals surface area contributed by atoms with Gasteiger partial charge in [0.2, 0.25) is 0 Å². The van der Waals surface area contributed by atoms with Crippen LogP contribution in [0, 0.1) is 17.0 Å². The zero-order chi connectivity index (χ0) is 16.4. The minimum atomic E-state index is -0.512. The van der Waals surface area contributed by atoms with Gasteiger partial charge in [0.1, 0.15) is 0 Å². The fourth-order valence-electron chi connectivity index (χ4n) is 2.03. The highest BCUT2D eigenvalue weighted by atomic mass is 32.1. The van der Waals surface area contributed by atoms with Gasteiger partial charge in [0.05, 0.1) is 15.5 Å². The van der Waals surface area contributed by atoms with Crippen molar-refractivity contribution in [3.8, 4) is 10.6 Å². The van der Waals surface area contributed by atoms with Gasteiger partial charge in [-0.25, -0.2) is 4.98 Å². The quantitative estimate of drug-likeness (QED) is 0.578. The zero-order valence-electron chi connectivity index (χ0n) is 12.0. The van der Waals surface area contributed by atoms with E-state index in [9.17, 15) is 14.9 Å². The summed E-state index contributed by atoms with van der Waals surface area (Å²) in [5, 5.41) is 15.4. The second kappa shape index (κ2) is 6.01. The molecule has 23 heavy (non-hydrogen) atoms. The molecule has 0 spiro atoms. The predicted octanol–water partition coefficient (Wildman–Crippen LogP) is 3.87. The molecule has 2 aromatic heterocycles. The van der Waals surface area contributed by atoms with Crippen molar-refractivity contribution in [1.29, 1.82) is 0 Å². The van der Waals surface area contributed by atoms with E-state index < -0.39 is 10.8 Å². The van der Waals surface area contributed by atoms with Gasteiger partial charge in [0.25, 0.3) is 11.6 Å². The van der Waals surface area contributed by atoms with Crippen molar-refractivity contribution in [2.75, 3.05) is 5.32 Å². The molecule has 3 rings (SSSR count). The van der Waals surface area contributed by atoms with Crippen LogP contribution in [-0.2, 0) is 0 Å². The van der Waals surface area contributed by atoms with Gasteiger partial charge in [0.15, 0.2) is 17.8 Å². The second-order valence-electron chi connectivity index (χ2n) is 4.72. The summed E-state index contributed by atoms with van der Waals surface area (Å²) in [6.07, 6.45) is 1.20. The average Bonchev–Trinajstić information content (AvgIpc) is 3.19. The number of non-ortho nitro benzene ring substituents is 1. The Morgan fingerprint density at radius 1 is 1.39 bits per heavy atom. The molecule has 1 N–H and O–H groups in total. The van der Waals surface area contributed by atoms with Gasteiger partial charge in [-0.2, -0.15) is 0 Å². The first-order chi connectivity index (χ1) is 11.1. The summed E-state index contributed by atoms with van der Waals surface area (Å²) in [5.74, 6) is -0.105. The SMILES string of the molecule is Cc1ccc([N+](=O)[O-])cc1NC(=O)c1ncoc1-c1cccs1. The Morgan fingerprint density at radius 2 is 2.22 bits per heavy atom. The van der Waals surface area contributed by atoms with Crippen LogP contribution >= 0.6 is 11.3 Å². The Hall–Kier alpha value is -3.00. The number of aromatic nitrogens is 1. The molecule has 2 heterocycles. The summed E-state index contributed by atoms with van der Waals surface area (Å²) in [5.41, 5.74) is 1.12. The smallest absolute Gasteiger partial charge is 0.278 e. The lowest BCUT2D eigenvalue weighted by Gasteiger charge is -2.07. The highest BCUT2D eigenvalue weighted by Crippen LogP contribution is 2.29. The van der Waals surface area contributed by atoms with Gasteiger partial charge < -0.3 is 9.73 Å². The topological polar surface area (TPSA) is 98.3 Å². The summed E-state index contributed by atoms with van der Waals surface area (Å²) in [6.45, 7) is 1.75. The predicted molar refractivity (Wildman–Crippen MR) is 85.6 cm³/mol. The molecule has 1 aromatic carbocycles. The third kappa shape index (κ3) is 2.97. The third-order valence-corrected chi connectivity index (χ3v) is 4.08. The first kappa shape index (κ1) is 14.9. The van der Waals surface area contributed by atoms with Gasteiger partial charge in [-0.15, -0.1) is 11.3 Å². The van der Waals surface area contributed by atoms with Crippen LogP contribution in [0.15, 0.2) is 46.5 Å². The van der Waals surface area contributed by atoms with Gasteiger partial charge >= 0.3 is 0 Å². The van der Waals surface area contributed by atoms with Crippen molar-refractivity contribution in [3.05, 3.63) is 63.5 Å². The summed E-state index contributed by atoms with van der Waals surface area (Å²) in [6, 6.07) is 7.95. The second-order valence-corrected chi connectivity index (χ2v) is 5.67. The van der Waals surface area contributed by atoms with Crippen molar-refractivity contribution < 1.29 is 14.1 Å². The molecule has 0 atom stereocenters. The summed E-state index contributed by atoms with van der Waals surface area (Å²) in [4.78, 5) is 27.5. The molecule has 0 saturated carbocycles. The maximum absolute atomic E-state index is 12.4. The Morgan fingerprint density at radius 3 is 2.91 bits per heavy atom. The molecule has 0 bridgehead atoms. The summed E-state index contributed by atoms with van der Waals surface area (Å²) in [7, 11) is 0. The lowest BCUT2D eigenvalue weighted by Crippen LogP contribution is -2.14. The van der Waals surface area contributed by atoms with Crippen molar-refractivity contribution in [1.82, 2.24) is 4.98 Å². The van der Waals surface area contributed by atoms with Gasteiger partial charge in [-0.1, -0.05) is 12.1 Å². The van der Waals surface area contributed by atoms with Gasteiger partial charge in [0, 0.05) is 12.1 Å². The molecule has 0 aliphatic carbocycles. The van der Waals surface area contributed by atoms with E-state index in [1.54, 1.807) is 13.0 Å². The Labute approximate surface area is 134 Å². The number of nitro benzene ring substituents is 1. The van der Waals surface area contributed by atoms with Crippen molar-refractivity contribution in [2.45, 2.75) is 6.92 Å². The number of hydrogen-bond acceptors (Lipinski definition) is 6. The first-order valence-electron chi connectivity index (χ1n) is 6.60. The van der Waals surface area contributed by atoms with E-state index in [4.69, 9.17) is 4.42 Å². The van der Waals surface area contributed by atoms with E-state index in [1.165, 1.54) is 29.9 Å². The summed E-state index contributed by atoms with van der Waals surface area (Å²) < 4.78 is 5.29. The molecule has 0 fully saturated rings. The fourth-order valence-corrected chi connectivity index (χ4v) is 2.74. The van der Waals surface area contributed by atoms with Crippen molar-refractivity contribution in [2.24, 2.45) is 0 Å². The number of carbonyl (C=O) groups is 1. The minimum absolute atomic E-state index is 0.0930. The van der Waals surface area contributed by atoms with Crippen LogP contribution in [0.1, 0.15) is 16.1 Å². The van der Waals surface area contributed by atoms with Gasteiger partial charge in [-0.3, -0.25) is 14.9 Å². The molecule has 0 radical (unpaired) electrons. The van der Waals surface area contributed by atoms with Crippen LogP contribution in [0.2, 0.25) is 0 Å². The number of nitro groups is 1. The lowest BCUT2D eigenvalue weighted by molar-refractivity contribution is -0.384. The number of nitrogens with zero attached hydrogens (tertiary/aromatic N) is 2. The number of rotatable bonds is 4. The molecule has 0 unspecified atom stereocenters. The molecular weight excluding hydrogens is 318 g/mol. The zero-order valence-corrected chi connectivity index (χ0v) is 12.8. The maximum Gasteiger partial charge on any atom is 0.278 e. The minimum Gasteiger partial charge on any atom is -0.442 e. The molecule has 1 amide bonds. The monoisotopic (exact) mass is 329 g/mol. The largest absolute Gasteiger partial charge is 0.442 e. The number of hydrogen-bond donors (Lipinski definition) is 1. The van der Waals surface area contributed by atoms with Crippen LogP contribution in [0.5, 0.6) is 0 Å². The van der Waals surface area contributed by atoms with Crippen LogP contribution < -0.4 is 5.32 Å². The van der Waals surface area contributed by atoms with E-state index in [0.29, 0.717) is 17.0 Å². The molecule has 3 aromatic rings. The molecule has 0 aliphatic rings.